The zero-order valence-electron chi connectivity index (χ0n) is 15.8. The van der Waals surface area contributed by atoms with E-state index in [1.807, 2.05) is 13.0 Å². The minimum absolute atomic E-state index is 0.0748. The summed E-state index contributed by atoms with van der Waals surface area (Å²) in [6, 6.07) is 10.7. The van der Waals surface area contributed by atoms with Crippen molar-refractivity contribution >= 4 is 13.1 Å². The second-order valence-corrected chi connectivity index (χ2v) is 7.27. The molecule has 1 aromatic carbocycles. The summed E-state index contributed by atoms with van der Waals surface area (Å²) in [6.07, 6.45) is 3.15. The Balaban J connectivity index is 1.98. The summed E-state index contributed by atoms with van der Waals surface area (Å²) in [5.74, 6) is -0.757. The molecule has 0 aromatic heterocycles. The zero-order valence-corrected chi connectivity index (χ0v) is 15.8. The van der Waals surface area contributed by atoms with E-state index < -0.39 is 13.1 Å². The van der Waals surface area contributed by atoms with Crippen molar-refractivity contribution in [3.05, 3.63) is 47.0 Å². The standard InChI is InChI=1S/C20H30BNO4/c1-15(7-6-12-21(25)26)19(20(23)24)18-10-13-22(14-11-18)16(2)17-8-4-3-5-9-17/h3-5,8-9,16,18,25-26H,6-7,10-14H2,1-2H3,(H,23,24)/b19-15+. The average Bonchev–Trinajstić information content (AvgIpc) is 2.62. The maximum Gasteiger partial charge on any atom is 0.451 e. The largest absolute Gasteiger partial charge is 0.478 e. The highest BCUT2D eigenvalue weighted by atomic mass is 16.4. The fraction of sp³-hybridized carbons (Fsp3) is 0.550. The first-order chi connectivity index (χ1) is 12.4. The molecule has 6 heteroatoms. The maximum atomic E-state index is 11.8. The Morgan fingerprint density at radius 3 is 2.38 bits per heavy atom. The minimum Gasteiger partial charge on any atom is -0.478 e. The SMILES string of the molecule is C/C(CCCB(O)O)=C(\C(=O)O)C1CCN(C(C)c2ccccc2)CC1. The predicted molar refractivity (Wildman–Crippen MR) is 104 cm³/mol. The average molecular weight is 359 g/mol. The molecular formula is C20H30BNO4. The molecule has 0 aliphatic carbocycles. The van der Waals surface area contributed by atoms with Gasteiger partial charge >= 0.3 is 13.1 Å². The summed E-state index contributed by atoms with van der Waals surface area (Å²) in [7, 11) is -1.32. The number of piperidine rings is 1. The lowest BCUT2D eigenvalue weighted by molar-refractivity contribution is -0.133. The molecule has 5 nitrogen and oxygen atoms in total. The second kappa shape index (κ2) is 9.90. The quantitative estimate of drug-likeness (QED) is 0.491. The number of likely N-dealkylation sites (tertiary alicyclic amines) is 1. The summed E-state index contributed by atoms with van der Waals surface area (Å²) in [5.41, 5.74) is 2.69. The van der Waals surface area contributed by atoms with Gasteiger partial charge in [-0.1, -0.05) is 42.3 Å². The molecule has 1 heterocycles. The van der Waals surface area contributed by atoms with E-state index in [4.69, 9.17) is 10.0 Å². The highest BCUT2D eigenvalue weighted by molar-refractivity contribution is 6.40. The molecule has 1 aromatic rings. The van der Waals surface area contributed by atoms with Gasteiger partial charge in [-0.2, -0.15) is 0 Å². The van der Waals surface area contributed by atoms with Crippen molar-refractivity contribution < 1.29 is 19.9 Å². The molecule has 1 saturated heterocycles. The number of carbonyl (C=O) groups is 1. The Hall–Kier alpha value is -1.63. The summed E-state index contributed by atoms with van der Waals surface area (Å²) in [5, 5.41) is 27.6. The Bertz CT molecular complexity index is 609. The molecule has 1 unspecified atom stereocenters. The smallest absolute Gasteiger partial charge is 0.451 e. The lowest BCUT2D eigenvalue weighted by Crippen LogP contribution is -2.37. The monoisotopic (exact) mass is 359 g/mol. The summed E-state index contributed by atoms with van der Waals surface area (Å²) in [4.78, 5) is 14.2. The fourth-order valence-electron chi connectivity index (χ4n) is 3.91. The maximum absolute atomic E-state index is 11.8. The van der Waals surface area contributed by atoms with Crippen LogP contribution in [-0.2, 0) is 4.79 Å². The van der Waals surface area contributed by atoms with E-state index in [0.29, 0.717) is 24.5 Å². The van der Waals surface area contributed by atoms with Crippen LogP contribution in [0.4, 0.5) is 0 Å². The Labute approximate surface area is 156 Å². The third-order valence-electron chi connectivity index (χ3n) is 5.47. The predicted octanol–water partition coefficient (Wildman–Crippen LogP) is 3.11. The van der Waals surface area contributed by atoms with Gasteiger partial charge in [0, 0.05) is 11.6 Å². The zero-order chi connectivity index (χ0) is 19.1. The van der Waals surface area contributed by atoms with Crippen molar-refractivity contribution in [2.75, 3.05) is 13.1 Å². The lowest BCUT2D eigenvalue weighted by atomic mass is 9.81. The molecule has 0 bridgehead atoms. The van der Waals surface area contributed by atoms with E-state index in [2.05, 4.69) is 36.1 Å². The molecule has 1 atom stereocenters. The minimum atomic E-state index is -1.32. The molecular weight excluding hydrogens is 329 g/mol. The van der Waals surface area contributed by atoms with Crippen LogP contribution in [0.25, 0.3) is 0 Å². The van der Waals surface area contributed by atoms with Crippen LogP contribution >= 0.6 is 0 Å². The third kappa shape index (κ3) is 5.69. The number of allylic oxidation sites excluding steroid dienone is 1. The van der Waals surface area contributed by atoms with Crippen LogP contribution < -0.4 is 0 Å². The molecule has 3 N–H and O–H groups in total. The van der Waals surface area contributed by atoms with Crippen molar-refractivity contribution in [2.45, 2.75) is 51.9 Å². The van der Waals surface area contributed by atoms with E-state index in [1.54, 1.807) is 0 Å². The number of nitrogens with zero attached hydrogens (tertiary/aromatic N) is 1. The van der Waals surface area contributed by atoms with Crippen LogP contribution in [0.2, 0.25) is 6.32 Å². The fourth-order valence-corrected chi connectivity index (χ4v) is 3.91. The normalized spacial score (nSPS) is 18.3. The van der Waals surface area contributed by atoms with Crippen molar-refractivity contribution in [3.63, 3.8) is 0 Å². The van der Waals surface area contributed by atoms with Gasteiger partial charge < -0.3 is 15.2 Å². The third-order valence-corrected chi connectivity index (χ3v) is 5.47. The first-order valence-electron chi connectivity index (χ1n) is 9.48. The molecule has 1 aliphatic heterocycles. The van der Waals surface area contributed by atoms with Gasteiger partial charge in [-0.15, -0.1) is 0 Å². The van der Waals surface area contributed by atoms with Gasteiger partial charge in [0.2, 0.25) is 0 Å². The van der Waals surface area contributed by atoms with Gasteiger partial charge in [0.15, 0.2) is 0 Å². The molecule has 0 spiro atoms. The summed E-state index contributed by atoms with van der Waals surface area (Å²) in [6.45, 7) is 5.85. The number of hydrogen-bond donors (Lipinski definition) is 3. The second-order valence-electron chi connectivity index (χ2n) is 7.27. The van der Waals surface area contributed by atoms with Crippen molar-refractivity contribution in [2.24, 2.45) is 5.92 Å². The van der Waals surface area contributed by atoms with E-state index in [0.717, 1.165) is 31.5 Å². The summed E-state index contributed by atoms with van der Waals surface area (Å²) >= 11 is 0. The van der Waals surface area contributed by atoms with E-state index >= 15 is 0 Å². The first-order valence-corrected chi connectivity index (χ1v) is 9.48. The molecule has 2 rings (SSSR count). The molecule has 26 heavy (non-hydrogen) atoms. The Kier molecular flexibility index (Phi) is 7.88. The Morgan fingerprint density at radius 1 is 1.23 bits per heavy atom. The Morgan fingerprint density at radius 2 is 1.85 bits per heavy atom. The molecule has 0 saturated carbocycles. The highest BCUT2D eigenvalue weighted by Crippen LogP contribution is 2.32. The number of aliphatic carboxylic acids is 1. The van der Waals surface area contributed by atoms with Crippen LogP contribution in [0.3, 0.4) is 0 Å². The molecule has 0 radical (unpaired) electrons. The van der Waals surface area contributed by atoms with Gasteiger partial charge in [-0.05, 0) is 64.0 Å². The van der Waals surface area contributed by atoms with E-state index in [1.165, 1.54) is 5.56 Å². The van der Waals surface area contributed by atoms with Crippen LogP contribution in [-0.4, -0.2) is 46.2 Å². The lowest BCUT2D eigenvalue weighted by Gasteiger charge is -2.37. The molecule has 1 aliphatic rings. The van der Waals surface area contributed by atoms with E-state index in [-0.39, 0.29) is 12.2 Å². The summed E-state index contributed by atoms with van der Waals surface area (Å²) < 4.78 is 0. The van der Waals surface area contributed by atoms with Crippen molar-refractivity contribution in [3.8, 4) is 0 Å². The number of carboxylic acid groups (broad SMARTS) is 1. The number of hydrogen-bond acceptors (Lipinski definition) is 4. The van der Waals surface area contributed by atoms with Gasteiger partial charge in [0.1, 0.15) is 0 Å². The van der Waals surface area contributed by atoms with Gasteiger partial charge in [-0.25, -0.2) is 4.79 Å². The number of rotatable bonds is 8. The van der Waals surface area contributed by atoms with Crippen molar-refractivity contribution in [1.82, 2.24) is 4.90 Å². The topological polar surface area (TPSA) is 81.0 Å². The van der Waals surface area contributed by atoms with Gasteiger partial charge in [0.25, 0.3) is 0 Å². The first kappa shape index (κ1) is 20.7. The molecule has 1 fully saturated rings. The van der Waals surface area contributed by atoms with Crippen LogP contribution in [0.1, 0.15) is 51.1 Å². The number of benzene rings is 1. The number of carboxylic acids is 1. The molecule has 0 amide bonds. The van der Waals surface area contributed by atoms with Crippen LogP contribution in [0.15, 0.2) is 41.5 Å². The van der Waals surface area contributed by atoms with Crippen molar-refractivity contribution in [1.29, 1.82) is 0 Å². The molecule has 142 valence electrons. The van der Waals surface area contributed by atoms with Gasteiger partial charge in [-0.3, -0.25) is 4.90 Å². The van der Waals surface area contributed by atoms with E-state index in [9.17, 15) is 9.90 Å². The van der Waals surface area contributed by atoms with Gasteiger partial charge in [0.05, 0.1) is 0 Å². The highest BCUT2D eigenvalue weighted by Gasteiger charge is 2.29. The van der Waals surface area contributed by atoms with Crippen LogP contribution in [0.5, 0.6) is 0 Å². The van der Waals surface area contributed by atoms with Crippen LogP contribution in [0, 0.1) is 5.92 Å².